The van der Waals surface area contributed by atoms with Gasteiger partial charge in [-0.25, -0.2) is 0 Å². The van der Waals surface area contributed by atoms with Gasteiger partial charge in [-0.15, -0.1) is 0 Å². The van der Waals surface area contributed by atoms with Crippen LogP contribution in [0, 0.1) is 0 Å². The Morgan fingerprint density at radius 3 is 3.00 bits per heavy atom. The average molecular weight is 234 g/mol. The molecule has 92 valence electrons. The van der Waals surface area contributed by atoms with E-state index in [0.717, 1.165) is 25.8 Å². The third-order valence-electron chi connectivity index (χ3n) is 2.92. The maximum Gasteiger partial charge on any atom is 0.256 e. The van der Waals surface area contributed by atoms with E-state index in [1.165, 1.54) is 0 Å². The van der Waals surface area contributed by atoms with E-state index < -0.39 is 0 Å². The highest BCUT2D eigenvalue weighted by Gasteiger charge is 2.33. The number of hydrogen-bond donors (Lipinski definition) is 2. The third kappa shape index (κ3) is 2.55. The summed E-state index contributed by atoms with van der Waals surface area (Å²) in [5.41, 5.74) is 3.71. The number of hydrogen-bond acceptors (Lipinski definition) is 4. The largest absolute Gasteiger partial charge is 0.336 e. The molecule has 1 heterocycles. The minimum absolute atomic E-state index is 0.0460. The lowest BCUT2D eigenvalue weighted by Crippen LogP contribution is -2.34. The first-order valence-electron chi connectivity index (χ1n) is 5.99. The molecule has 0 spiro atoms. The van der Waals surface area contributed by atoms with Gasteiger partial charge in [0.25, 0.3) is 5.91 Å². The number of nitrogens with two attached hydrogens (primary N) is 1. The monoisotopic (exact) mass is 234 g/mol. The molecule has 0 aromatic carbocycles. The van der Waals surface area contributed by atoms with Gasteiger partial charge in [-0.05, 0) is 25.3 Å². The minimum atomic E-state index is 0.0460. The number of anilines is 1. The second-order valence-electron chi connectivity index (χ2n) is 4.30. The number of nitrogens with zero attached hydrogens (tertiary/aromatic N) is 2. The van der Waals surface area contributed by atoms with Crippen molar-refractivity contribution in [3.63, 3.8) is 0 Å². The van der Waals surface area contributed by atoms with Gasteiger partial charge in [-0.2, -0.15) is 0 Å². The van der Waals surface area contributed by atoms with Crippen molar-refractivity contribution >= 4 is 11.6 Å². The molecule has 0 unspecified atom stereocenters. The van der Waals surface area contributed by atoms with Crippen molar-refractivity contribution in [1.29, 1.82) is 0 Å². The molecule has 0 saturated heterocycles. The highest BCUT2D eigenvalue weighted by Crippen LogP contribution is 2.29. The third-order valence-corrected chi connectivity index (χ3v) is 2.92. The summed E-state index contributed by atoms with van der Waals surface area (Å²) in [7, 11) is 0. The Morgan fingerprint density at radius 1 is 1.65 bits per heavy atom. The Balaban J connectivity index is 2.21. The fraction of sp³-hybridized carbons (Fsp3) is 0.500. The maximum absolute atomic E-state index is 12.4. The first-order chi connectivity index (χ1) is 8.27. The van der Waals surface area contributed by atoms with Crippen molar-refractivity contribution in [2.24, 2.45) is 5.84 Å². The van der Waals surface area contributed by atoms with E-state index in [0.29, 0.717) is 17.3 Å². The van der Waals surface area contributed by atoms with Gasteiger partial charge >= 0.3 is 0 Å². The predicted molar refractivity (Wildman–Crippen MR) is 66.4 cm³/mol. The molecular formula is C12H18N4O. The van der Waals surface area contributed by atoms with Crippen LogP contribution in [-0.4, -0.2) is 28.4 Å². The van der Waals surface area contributed by atoms with Crippen molar-refractivity contribution < 1.29 is 4.79 Å². The summed E-state index contributed by atoms with van der Waals surface area (Å²) in [4.78, 5) is 18.3. The Kier molecular flexibility index (Phi) is 3.58. The van der Waals surface area contributed by atoms with E-state index >= 15 is 0 Å². The molecule has 2 rings (SSSR count). The fourth-order valence-electron chi connectivity index (χ4n) is 1.93. The number of rotatable bonds is 5. The number of pyridine rings is 1. The second kappa shape index (κ2) is 5.14. The average Bonchev–Trinajstić information content (AvgIpc) is 3.19. The van der Waals surface area contributed by atoms with Crippen LogP contribution in [0.3, 0.4) is 0 Å². The van der Waals surface area contributed by atoms with Crippen LogP contribution >= 0.6 is 0 Å². The molecule has 1 saturated carbocycles. The molecule has 1 aromatic heterocycles. The maximum atomic E-state index is 12.4. The topological polar surface area (TPSA) is 71.2 Å². The van der Waals surface area contributed by atoms with Crippen molar-refractivity contribution in [2.45, 2.75) is 32.2 Å². The van der Waals surface area contributed by atoms with Crippen molar-refractivity contribution in [3.8, 4) is 0 Å². The molecule has 3 N–H and O–H groups in total. The van der Waals surface area contributed by atoms with Gasteiger partial charge in [0.05, 0.1) is 17.4 Å². The smallest absolute Gasteiger partial charge is 0.256 e. The van der Waals surface area contributed by atoms with Gasteiger partial charge in [0, 0.05) is 18.8 Å². The van der Waals surface area contributed by atoms with Gasteiger partial charge in [-0.3, -0.25) is 15.6 Å². The number of nitrogen functional groups attached to an aromatic ring is 1. The van der Waals surface area contributed by atoms with Crippen LogP contribution in [0.25, 0.3) is 0 Å². The number of carbonyl (C=O) groups is 1. The Bertz CT molecular complexity index is 403. The number of amides is 1. The molecule has 5 heteroatoms. The molecular weight excluding hydrogens is 216 g/mol. The van der Waals surface area contributed by atoms with Crippen molar-refractivity contribution in [3.05, 3.63) is 24.0 Å². The van der Waals surface area contributed by atoms with Crippen LogP contribution in [0.5, 0.6) is 0 Å². The first-order valence-corrected chi connectivity index (χ1v) is 5.99. The van der Waals surface area contributed by atoms with Crippen LogP contribution in [0.1, 0.15) is 36.5 Å². The lowest BCUT2D eigenvalue weighted by molar-refractivity contribution is 0.0744. The van der Waals surface area contributed by atoms with Crippen molar-refractivity contribution in [1.82, 2.24) is 9.88 Å². The zero-order chi connectivity index (χ0) is 12.3. The van der Waals surface area contributed by atoms with Gasteiger partial charge in [-0.1, -0.05) is 6.92 Å². The normalized spacial score (nSPS) is 14.5. The first kappa shape index (κ1) is 11.9. The van der Waals surface area contributed by atoms with E-state index in [2.05, 4.69) is 17.3 Å². The molecule has 1 aromatic rings. The number of aromatic nitrogens is 1. The van der Waals surface area contributed by atoms with Crippen LogP contribution in [0.15, 0.2) is 18.5 Å². The molecule has 1 fully saturated rings. The molecule has 1 amide bonds. The summed E-state index contributed by atoms with van der Waals surface area (Å²) in [5.74, 6) is 5.44. The molecule has 17 heavy (non-hydrogen) atoms. The van der Waals surface area contributed by atoms with Crippen LogP contribution in [0.4, 0.5) is 5.69 Å². The predicted octanol–water partition coefficient (Wildman–Crippen LogP) is 1.38. The highest BCUT2D eigenvalue weighted by atomic mass is 16.2. The Morgan fingerprint density at radius 2 is 2.41 bits per heavy atom. The van der Waals surface area contributed by atoms with E-state index in [9.17, 15) is 4.79 Å². The summed E-state index contributed by atoms with van der Waals surface area (Å²) in [6.07, 6.45) is 6.39. The van der Waals surface area contributed by atoms with Crippen LogP contribution in [-0.2, 0) is 0 Å². The second-order valence-corrected chi connectivity index (χ2v) is 4.30. The molecule has 0 atom stereocenters. The standard InChI is InChI=1S/C12H18N4O/c1-2-7-16(9-3-4-9)12(17)10-5-6-14-8-11(10)15-13/h5-6,8-9,15H,2-4,7,13H2,1H3. The van der Waals surface area contributed by atoms with Gasteiger partial charge in [0.15, 0.2) is 0 Å². The van der Waals surface area contributed by atoms with Gasteiger partial charge in [0.2, 0.25) is 0 Å². The van der Waals surface area contributed by atoms with Gasteiger partial charge in [0.1, 0.15) is 0 Å². The molecule has 0 bridgehead atoms. The fourth-order valence-corrected chi connectivity index (χ4v) is 1.93. The summed E-state index contributed by atoms with van der Waals surface area (Å²) < 4.78 is 0. The van der Waals surface area contributed by atoms with Gasteiger partial charge < -0.3 is 10.3 Å². The molecule has 1 aliphatic carbocycles. The van der Waals surface area contributed by atoms with E-state index in [-0.39, 0.29) is 5.91 Å². The summed E-state index contributed by atoms with van der Waals surface area (Å²) in [5, 5.41) is 0. The van der Waals surface area contributed by atoms with Crippen LogP contribution in [0.2, 0.25) is 0 Å². The zero-order valence-corrected chi connectivity index (χ0v) is 10.0. The van der Waals surface area contributed by atoms with E-state index in [1.807, 2.05) is 4.90 Å². The lowest BCUT2D eigenvalue weighted by Gasteiger charge is -2.22. The lowest BCUT2D eigenvalue weighted by atomic mass is 10.2. The quantitative estimate of drug-likeness (QED) is 0.596. The highest BCUT2D eigenvalue weighted by molar-refractivity contribution is 5.99. The molecule has 0 aliphatic heterocycles. The minimum Gasteiger partial charge on any atom is -0.336 e. The number of nitrogens with one attached hydrogen (secondary N) is 1. The summed E-state index contributed by atoms with van der Waals surface area (Å²) in [6.45, 7) is 2.88. The van der Waals surface area contributed by atoms with E-state index in [4.69, 9.17) is 5.84 Å². The summed E-state index contributed by atoms with van der Waals surface area (Å²) >= 11 is 0. The molecule has 5 nitrogen and oxygen atoms in total. The Labute approximate surface area is 101 Å². The zero-order valence-electron chi connectivity index (χ0n) is 10.0. The summed E-state index contributed by atoms with van der Waals surface area (Å²) in [6, 6.07) is 2.13. The number of carbonyl (C=O) groups excluding carboxylic acids is 1. The molecule has 1 aliphatic rings. The number of hydrazine groups is 1. The SMILES string of the molecule is CCCN(C(=O)c1ccncc1NN)C1CC1. The van der Waals surface area contributed by atoms with Crippen LogP contribution < -0.4 is 11.3 Å². The van der Waals surface area contributed by atoms with Crippen molar-refractivity contribution in [2.75, 3.05) is 12.0 Å². The molecule has 0 radical (unpaired) electrons. The van der Waals surface area contributed by atoms with E-state index in [1.54, 1.807) is 18.5 Å². The Hall–Kier alpha value is -1.62.